The van der Waals surface area contributed by atoms with Gasteiger partial charge in [0, 0.05) is 11.3 Å². The molecule has 0 radical (unpaired) electrons. The molecule has 0 aliphatic heterocycles. The molecule has 0 aliphatic rings. The second-order valence-corrected chi connectivity index (χ2v) is 6.93. The molecule has 0 bridgehead atoms. The van der Waals surface area contributed by atoms with Gasteiger partial charge >= 0.3 is 5.69 Å². The minimum absolute atomic E-state index is 0.310. The average molecular weight is 384 g/mol. The van der Waals surface area contributed by atoms with Crippen molar-refractivity contribution in [3.63, 3.8) is 0 Å². The van der Waals surface area contributed by atoms with Gasteiger partial charge in [-0.3, -0.25) is 4.98 Å². The van der Waals surface area contributed by atoms with E-state index in [-0.39, 0.29) is 11.6 Å². The largest absolute Gasteiger partial charge is 0.350 e. The number of hydrogen-bond donors (Lipinski definition) is 1. The lowest BCUT2D eigenvalue weighted by atomic mass is 10.1. The molecule has 4 rings (SSSR count). The van der Waals surface area contributed by atoms with Crippen LogP contribution < -0.4 is 5.69 Å². The van der Waals surface area contributed by atoms with Gasteiger partial charge in [-0.1, -0.05) is 36.0 Å². The van der Waals surface area contributed by atoms with Crippen LogP contribution >= 0.6 is 11.8 Å². The van der Waals surface area contributed by atoms with Crippen molar-refractivity contribution in [3.8, 4) is 11.1 Å². The molecule has 2 aromatic carbocycles. The molecule has 2 heterocycles. The highest BCUT2D eigenvalue weighted by Gasteiger charge is 2.16. The number of thioether (sulfide) groups is 1. The van der Waals surface area contributed by atoms with Gasteiger partial charge in [-0.05, 0) is 42.3 Å². The van der Waals surface area contributed by atoms with Crippen LogP contribution in [0.5, 0.6) is 0 Å². The van der Waals surface area contributed by atoms with Crippen LogP contribution in [0.2, 0.25) is 0 Å². The molecule has 0 saturated heterocycles. The predicted octanol–water partition coefficient (Wildman–Crippen LogP) is 3.96. The van der Waals surface area contributed by atoms with Crippen LogP contribution in [0.3, 0.4) is 0 Å². The van der Waals surface area contributed by atoms with Gasteiger partial charge in [0.1, 0.15) is 11.6 Å². The van der Waals surface area contributed by atoms with Crippen molar-refractivity contribution in [3.05, 3.63) is 81.9 Å². The Hall–Kier alpha value is -3.00. The molecule has 0 fully saturated rings. The maximum atomic E-state index is 13.3. The van der Waals surface area contributed by atoms with E-state index in [1.807, 2.05) is 0 Å². The van der Waals surface area contributed by atoms with Crippen LogP contribution in [0, 0.1) is 18.6 Å². The lowest BCUT2D eigenvalue weighted by Gasteiger charge is -2.04. The van der Waals surface area contributed by atoms with E-state index in [0.29, 0.717) is 27.8 Å². The molecule has 136 valence electrons. The summed E-state index contributed by atoms with van der Waals surface area (Å²) in [5.74, 6) is -0.199. The smallest absolute Gasteiger partial charge is 0.285 e. The summed E-state index contributed by atoms with van der Waals surface area (Å²) in [6.45, 7) is 1.77. The highest BCUT2D eigenvalue weighted by atomic mass is 32.2. The molecule has 27 heavy (non-hydrogen) atoms. The van der Waals surface area contributed by atoms with Crippen LogP contribution in [0.1, 0.15) is 11.3 Å². The topological polar surface area (TPSA) is 63.1 Å². The van der Waals surface area contributed by atoms with Gasteiger partial charge in [-0.15, -0.1) is 0 Å². The number of benzene rings is 2. The maximum Gasteiger partial charge on any atom is 0.350 e. The summed E-state index contributed by atoms with van der Waals surface area (Å²) in [5, 5.41) is 4.64. The summed E-state index contributed by atoms with van der Waals surface area (Å²) in [7, 11) is 0. The van der Waals surface area contributed by atoms with Crippen LogP contribution in [-0.4, -0.2) is 19.6 Å². The van der Waals surface area contributed by atoms with E-state index in [9.17, 15) is 13.6 Å². The Morgan fingerprint density at radius 3 is 2.63 bits per heavy atom. The molecule has 8 heteroatoms. The monoisotopic (exact) mass is 384 g/mol. The molecule has 0 spiro atoms. The second kappa shape index (κ2) is 6.96. The molecule has 0 saturated carbocycles. The normalized spacial score (nSPS) is 11.2. The Bertz CT molecular complexity index is 1180. The van der Waals surface area contributed by atoms with Gasteiger partial charge in [-0.25, -0.2) is 18.6 Å². The van der Waals surface area contributed by atoms with Gasteiger partial charge < -0.3 is 0 Å². The van der Waals surface area contributed by atoms with Crippen molar-refractivity contribution in [1.29, 1.82) is 0 Å². The summed E-state index contributed by atoms with van der Waals surface area (Å²) < 4.78 is 27.8. The molecule has 0 unspecified atom stereocenters. The molecule has 5 nitrogen and oxygen atoms in total. The van der Waals surface area contributed by atoms with Gasteiger partial charge in [0.2, 0.25) is 0 Å². The third-order valence-corrected chi connectivity index (χ3v) is 4.99. The predicted molar refractivity (Wildman–Crippen MR) is 99.7 cm³/mol. The van der Waals surface area contributed by atoms with Crippen molar-refractivity contribution in [2.75, 3.05) is 0 Å². The van der Waals surface area contributed by atoms with E-state index in [2.05, 4.69) is 15.1 Å². The molecule has 2 aromatic heterocycles. The quantitative estimate of drug-likeness (QED) is 0.541. The van der Waals surface area contributed by atoms with Crippen molar-refractivity contribution in [2.45, 2.75) is 17.8 Å². The summed E-state index contributed by atoms with van der Waals surface area (Å²) in [6, 6.07) is 12.2. The summed E-state index contributed by atoms with van der Waals surface area (Å²) in [4.78, 5) is 19.6. The number of H-pyrrole nitrogens is 1. The van der Waals surface area contributed by atoms with Crippen LogP contribution in [0.25, 0.3) is 16.8 Å². The van der Waals surface area contributed by atoms with E-state index in [0.717, 1.165) is 11.1 Å². The van der Waals surface area contributed by atoms with E-state index in [4.69, 9.17) is 0 Å². The highest BCUT2D eigenvalue weighted by molar-refractivity contribution is 7.98. The lowest BCUT2D eigenvalue weighted by molar-refractivity contribution is 0.626. The molecular formula is C19H14F2N4OS. The number of hydrogen-bond acceptors (Lipinski definition) is 4. The number of nitrogens with one attached hydrogen (secondary N) is 1. The van der Waals surface area contributed by atoms with Crippen molar-refractivity contribution in [1.82, 2.24) is 19.6 Å². The number of nitrogens with zero attached hydrogens (tertiary/aromatic N) is 3. The number of rotatable bonds is 4. The molecule has 0 amide bonds. The molecule has 1 N–H and O–H groups in total. The lowest BCUT2D eigenvalue weighted by Crippen LogP contribution is -2.19. The van der Waals surface area contributed by atoms with Crippen LogP contribution in [-0.2, 0) is 5.75 Å². The van der Waals surface area contributed by atoms with Gasteiger partial charge in [-0.2, -0.15) is 9.61 Å². The Kier molecular flexibility index (Phi) is 4.49. The summed E-state index contributed by atoms with van der Waals surface area (Å²) in [5.41, 5.74) is 2.78. The number of halogens is 2. The zero-order valence-electron chi connectivity index (χ0n) is 14.2. The molecular weight excluding hydrogens is 370 g/mol. The Morgan fingerprint density at radius 1 is 1.11 bits per heavy atom. The number of aromatic amines is 1. The summed E-state index contributed by atoms with van der Waals surface area (Å²) in [6.07, 6.45) is 0. The Morgan fingerprint density at radius 2 is 1.89 bits per heavy atom. The maximum absolute atomic E-state index is 13.3. The van der Waals surface area contributed by atoms with Gasteiger partial charge in [0.05, 0.1) is 5.69 Å². The van der Waals surface area contributed by atoms with Crippen LogP contribution in [0.4, 0.5) is 8.78 Å². The zero-order chi connectivity index (χ0) is 19.0. The number of aromatic nitrogens is 4. The van der Waals surface area contributed by atoms with Gasteiger partial charge in [0.25, 0.3) is 0 Å². The van der Waals surface area contributed by atoms with Crippen molar-refractivity contribution in [2.24, 2.45) is 0 Å². The fourth-order valence-corrected chi connectivity index (χ4v) is 3.62. The summed E-state index contributed by atoms with van der Waals surface area (Å²) >= 11 is 1.29. The molecule has 0 aliphatic carbocycles. The first-order chi connectivity index (χ1) is 13.0. The van der Waals surface area contributed by atoms with Crippen LogP contribution in [0.15, 0.2) is 58.5 Å². The zero-order valence-corrected chi connectivity index (χ0v) is 15.1. The third-order valence-electron chi connectivity index (χ3n) is 4.05. The fourth-order valence-electron chi connectivity index (χ4n) is 2.83. The van der Waals surface area contributed by atoms with E-state index in [1.165, 1.54) is 40.5 Å². The first kappa shape index (κ1) is 17.4. The fraction of sp³-hybridized carbons (Fsp3) is 0.105. The number of aryl methyl sites for hydroxylation is 1. The second-order valence-electron chi connectivity index (χ2n) is 5.97. The standard InChI is InChI=1S/C19H14F2N4OS/c1-11-16(13-5-7-14(20)8-6-13)17-22-18(23-19(26)25(17)24-11)27-10-12-3-2-4-15(21)9-12/h2-9H,10H2,1H3,(H,22,23,26). The Labute approximate surface area is 157 Å². The molecule has 0 atom stereocenters. The van der Waals surface area contributed by atoms with E-state index >= 15 is 0 Å². The van der Waals surface area contributed by atoms with Crippen molar-refractivity contribution < 1.29 is 8.78 Å². The highest BCUT2D eigenvalue weighted by Crippen LogP contribution is 2.28. The minimum atomic E-state index is -0.418. The Balaban J connectivity index is 1.74. The first-order valence-electron chi connectivity index (χ1n) is 8.14. The first-order valence-corrected chi connectivity index (χ1v) is 9.12. The number of fused-ring (bicyclic) bond motifs is 1. The van der Waals surface area contributed by atoms with Gasteiger partial charge in [0.15, 0.2) is 10.8 Å². The van der Waals surface area contributed by atoms with E-state index < -0.39 is 5.69 Å². The SMILES string of the molecule is Cc1nn2c(=O)[nH]c(SCc3cccc(F)c3)nc2c1-c1ccc(F)cc1. The third kappa shape index (κ3) is 3.48. The average Bonchev–Trinajstić information content (AvgIpc) is 2.98. The van der Waals surface area contributed by atoms with E-state index in [1.54, 1.807) is 31.2 Å². The molecule has 4 aromatic rings. The minimum Gasteiger partial charge on any atom is -0.285 e. The van der Waals surface area contributed by atoms with Crippen molar-refractivity contribution >= 4 is 17.4 Å².